The van der Waals surface area contributed by atoms with Gasteiger partial charge in [0.05, 0.1) is 13.5 Å². The predicted molar refractivity (Wildman–Crippen MR) is 103 cm³/mol. The second-order valence-corrected chi connectivity index (χ2v) is 6.37. The smallest absolute Gasteiger partial charge is 0.328 e. The zero-order valence-electron chi connectivity index (χ0n) is 15.0. The molecule has 0 radical (unpaired) electrons. The quantitative estimate of drug-likeness (QED) is 0.660. The Labute approximate surface area is 157 Å². The Bertz CT molecular complexity index is 950. The van der Waals surface area contributed by atoms with E-state index in [9.17, 15) is 14.7 Å². The number of carbonyl (C=O) groups is 2. The summed E-state index contributed by atoms with van der Waals surface area (Å²) in [6.45, 7) is 0. The van der Waals surface area contributed by atoms with Crippen molar-refractivity contribution in [3.8, 4) is 5.75 Å². The molecule has 5 nitrogen and oxygen atoms in total. The van der Waals surface area contributed by atoms with Gasteiger partial charge in [-0.15, -0.1) is 0 Å². The predicted octanol–water partition coefficient (Wildman–Crippen LogP) is 2.99. The molecule has 0 unspecified atom stereocenters. The lowest BCUT2D eigenvalue weighted by Crippen LogP contribution is -2.43. The van der Waals surface area contributed by atoms with Crippen molar-refractivity contribution in [3.63, 3.8) is 0 Å². The van der Waals surface area contributed by atoms with Crippen molar-refractivity contribution >= 4 is 22.6 Å². The lowest BCUT2D eigenvalue weighted by atomic mass is 10.0. The highest BCUT2D eigenvalue weighted by molar-refractivity contribution is 5.88. The number of benzene rings is 3. The normalized spacial score (nSPS) is 11.7. The second kappa shape index (κ2) is 8.36. The standard InChI is InChI=1S/C22H21NO4/c1-27-22(26)20(13-15-7-10-19(24)11-8-15)23-21(25)14-16-6-9-17-4-2-3-5-18(17)12-16/h2-12,20,24H,13-14H2,1H3,(H,23,25)/t20-/m0/s1. The first-order chi connectivity index (χ1) is 13.0. The number of methoxy groups -OCH3 is 1. The minimum absolute atomic E-state index is 0.147. The van der Waals surface area contributed by atoms with Gasteiger partial charge in [-0.2, -0.15) is 0 Å². The Balaban J connectivity index is 1.69. The summed E-state index contributed by atoms with van der Waals surface area (Å²) in [4.78, 5) is 24.5. The summed E-state index contributed by atoms with van der Waals surface area (Å²) < 4.78 is 4.81. The Morgan fingerprint density at radius 3 is 2.33 bits per heavy atom. The van der Waals surface area contributed by atoms with Gasteiger partial charge in [-0.1, -0.05) is 54.6 Å². The number of nitrogens with one attached hydrogen (secondary N) is 1. The van der Waals surface area contributed by atoms with Crippen LogP contribution in [0.4, 0.5) is 0 Å². The Hall–Kier alpha value is -3.34. The molecule has 138 valence electrons. The van der Waals surface area contributed by atoms with Gasteiger partial charge < -0.3 is 15.2 Å². The number of esters is 1. The first-order valence-electron chi connectivity index (χ1n) is 8.68. The van der Waals surface area contributed by atoms with Crippen molar-refractivity contribution < 1.29 is 19.4 Å². The number of hydrogen-bond donors (Lipinski definition) is 2. The van der Waals surface area contributed by atoms with Crippen LogP contribution in [0.25, 0.3) is 10.8 Å². The zero-order chi connectivity index (χ0) is 19.2. The van der Waals surface area contributed by atoms with Crippen LogP contribution in [0.2, 0.25) is 0 Å². The molecule has 0 aliphatic carbocycles. The lowest BCUT2D eigenvalue weighted by molar-refractivity contribution is -0.145. The molecule has 0 spiro atoms. The summed E-state index contributed by atoms with van der Waals surface area (Å²) >= 11 is 0. The Kier molecular flexibility index (Phi) is 5.71. The van der Waals surface area contributed by atoms with E-state index in [1.165, 1.54) is 7.11 Å². The second-order valence-electron chi connectivity index (χ2n) is 6.37. The van der Waals surface area contributed by atoms with Crippen LogP contribution in [0.1, 0.15) is 11.1 Å². The van der Waals surface area contributed by atoms with E-state index in [1.54, 1.807) is 24.3 Å². The molecular formula is C22H21NO4. The SMILES string of the molecule is COC(=O)[C@H](Cc1ccc(O)cc1)NC(=O)Cc1ccc2ccccc2c1. The van der Waals surface area contributed by atoms with Crippen LogP contribution in [0, 0.1) is 0 Å². The topological polar surface area (TPSA) is 75.6 Å². The zero-order valence-corrected chi connectivity index (χ0v) is 15.0. The van der Waals surface area contributed by atoms with Crippen LogP contribution < -0.4 is 5.32 Å². The van der Waals surface area contributed by atoms with Crippen molar-refractivity contribution in [2.45, 2.75) is 18.9 Å². The van der Waals surface area contributed by atoms with Crippen molar-refractivity contribution in [1.29, 1.82) is 0 Å². The van der Waals surface area contributed by atoms with Gasteiger partial charge in [-0.25, -0.2) is 4.79 Å². The van der Waals surface area contributed by atoms with Gasteiger partial charge in [-0.05, 0) is 34.0 Å². The number of amides is 1. The molecule has 0 saturated heterocycles. The molecule has 0 aliphatic rings. The molecule has 0 aliphatic heterocycles. The number of ether oxygens (including phenoxy) is 1. The number of hydrogen-bond acceptors (Lipinski definition) is 4. The number of rotatable bonds is 6. The Morgan fingerprint density at radius 2 is 1.63 bits per heavy atom. The minimum Gasteiger partial charge on any atom is -0.508 e. The molecular weight excluding hydrogens is 342 g/mol. The van der Waals surface area contributed by atoms with Gasteiger partial charge in [-0.3, -0.25) is 4.79 Å². The van der Waals surface area contributed by atoms with Crippen LogP contribution in [0.15, 0.2) is 66.7 Å². The summed E-state index contributed by atoms with van der Waals surface area (Å²) in [7, 11) is 1.29. The molecule has 5 heteroatoms. The summed E-state index contributed by atoms with van der Waals surface area (Å²) in [5.74, 6) is -0.608. The van der Waals surface area contributed by atoms with E-state index in [0.29, 0.717) is 0 Å². The van der Waals surface area contributed by atoms with Crippen LogP contribution >= 0.6 is 0 Å². The fraction of sp³-hybridized carbons (Fsp3) is 0.182. The fourth-order valence-electron chi connectivity index (χ4n) is 2.98. The highest BCUT2D eigenvalue weighted by Crippen LogP contribution is 2.16. The van der Waals surface area contributed by atoms with Gasteiger partial charge in [0.2, 0.25) is 5.91 Å². The highest BCUT2D eigenvalue weighted by Gasteiger charge is 2.22. The lowest BCUT2D eigenvalue weighted by Gasteiger charge is -2.17. The average Bonchev–Trinajstić information content (AvgIpc) is 2.68. The maximum atomic E-state index is 12.5. The third kappa shape index (κ3) is 4.85. The molecule has 3 aromatic carbocycles. The molecule has 0 heterocycles. The van der Waals surface area contributed by atoms with Gasteiger partial charge in [0.25, 0.3) is 0 Å². The molecule has 0 saturated carbocycles. The monoisotopic (exact) mass is 363 g/mol. The summed E-state index contributed by atoms with van der Waals surface area (Å²) in [5.41, 5.74) is 1.69. The molecule has 3 rings (SSSR count). The molecule has 3 aromatic rings. The van der Waals surface area contributed by atoms with E-state index in [4.69, 9.17) is 4.74 Å². The molecule has 0 bridgehead atoms. The fourth-order valence-corrected chi connectivity index (χ4v) is 2.98. The third-order valence-electron chi connectivity index (χ3n) is 4.38. The summed E-state index contributed by atoms with van der Waals surface area (Å²) in [6.07, 6.45) is 0.463. The first kappa shape index (κ1) is 18.5. The van der Waals surface area contributed by atoms with Gasteiger partial charge in [0, 0.05) is 6.42 Å². The number of carbonyl (C=O) groups excluding carboxylic acids is 2. The van der Waals surface area contributed by atoms with Crippen LogP contribution in [0.5, 0.6) is 5.75 Å². The highest BCUT2D eigenvalue weighted by atomic mass is 16.5. The number of aromatic hydroxyl groups is 1. The van der Waals surface area contributed by atoms with Gasteiger partial charge in [0.15, 0.2) is 0 Å². The van der Waals surface area contributed by atoms with Crippen molar-refractivity contribution in [3.05, 3.63) is 77.9 Å². The Morgan fingerprint density at radius 1 is 0.963 bits per heavy atom. The van der Waals surface area contributed by atoms with Gasteiger partial charge >= 0.3 is 5.97 Å². The molecule has 2 N–H and O–H groups in total. The minimum atomic E-state index is -0.785. The van der Waals surface area contributed by atoms with Crippen molar-refractivity contribution in [2.24, 2.45) is 0 Å². The molecule has 1 atom stereocenters. The number of phenolic OH excluding ortho intramolecular Hbond substituents is 1. The number of fused-ring (bicyclic) bond motifs is 1. The maximum Gasteiger partial charge on any atom is 0.328 e. The van der Waals surface area contributed by atoms with Gasteiger partial charge in [0.1, 0.15) is 11.8 Å². The largest absolute Gasteiger partial charge is 0.508 e. The van der Waals surface area contributed by atoms with E-state index in [1.807, 2.05) is 42.5 Å². The van der Waals surface area contributed by atoms with Crippen LogP contribution in [-0.4, -0.2) is 30.1 Å². The first-order valence-corrected chi connectivity index (χ1v) is 8.68. The van der Waals surface area contributed by atoms with Crippen molar-refractivity contribution in [1.82, 2.24) is 5.32 Å². The van der Waals surface area contributed by atoms with Crippen LogP contribution in [-0.2, 0) is 27.2 Å². The third-order valence-corrected chi connectivity index (χ3v) is 4.38. The molecule has 0 aromatic heterocycles. The van der Waals surface area contributed by atoms with E-state index in [-0.39, 0.29) is 24.5 Å². The van der Waals surface area contributed by atoms with E-state index in [0.717, 1.165) is 21.9 Å². The molecule has 27 heavy (non-hydrogen) atoms. The summed E-state index contributed by atoms with van der Waals surface area (Å²) in [5, 5.41) is 14.3. The van der Waals surface area contributed by atoms with Crippen molar-refractivity contribution in [2.75, 3.05) is 7.11 Å². The summed E-state index contributed by atoms with van der Waals surface area (Å²) in [6, 6.07) is 19.5. The molecule has 1 amide bonds. The van der Waals surface area contributed by atoms with E-state index in [2.05, 4.69) is 5.32 Å². The maximum absolute atomic E-state index is 12.5. The van der Waals surface area contributed by atoms with E-state index >= 15 is 0 Å². The van der Waals surface area contributed by atoms with E-state index < -0.39 is 12.0 Å². The average molecular weight is 363 g/mol. The number of phenols is 1. The molecule has 0 fully saturated rings. The van der Waals surface area contributed by atoms with Crippen LogP contribution in [0.3, 0.4) is 0 Å².